The summed E-state index contributed by atoms with van der Waals surface area (Å²) in [5.74, 6) is 7.54. The van der Waals surface area contributed by atoms with Crippen molar-refractivity contribution >= 4 is 23.3 Å². The first-order chi connectivity index (χ1) is 11.3. The van der Waals surface area contributed by atoms with Gasteiger partial charge in [0.25, 0.3) is 0 Å². The van der Waals surface area contributed by atoms with Crippen molar-refractivity contribution in [2.24, 2.45) is 0 Å². The zero-order valence-corrected chi connectivity index (χ0v) is 14.3. The summed E-state index contributed by atoms with van der Waals surface area (Å²) < 4.78 is 0. The zero-order valence-electron chi connectivity index (χ0n) is 13.5. The Morgan fingerprint density at radius 3 is 2.83 bits per heavy atom. The Bertz CT molecular complexity index is 686. The standard InChI is InChI=1S/C18H20N4S/c1-3-21(4-2)12-5-6-13-22-15-14-19-11-9-16(15)23-17-8-7-10-20-18(17)22/h7-11,14H,3-4,12-13H2,1-2H3. The molecule has 4 nitrogen and oxygen atoms in total. The fourth-order valence-electron chi connectivity index (χ4n) is 2.47. The van der Waals surface area contributed by atoms with E-state index in [1.807, 2.05) is 30.7 Å². The molecule has 0 radical (unpaired) electrons. The number of hydrogen-bond acceptors (Lipinski definition) is 5. The third kappa shape index (κ3) is 3.49. The zero-order chi connectivity index (χ0) is 16.1. The van der Waals surface area contributed by atoms with Crippen LogP contribution in [-0.2, 0) is 0 Å². The van der Waals surface area contributed by atoms with Gasteiger partial charge in [-0.25, -0.2) is 4.98 Å². The van der Waals surface area contributed by atoms with Gasteiger partial charge in [0.1, 0.15) is 5.82 Å². The second-order valence-corrected chi connectivity index (χ2v) is 6.26. The van der Waals surface area contributed by atoms with E-state index >= 15 is 0 Å². The first kappa shape index (κ1) is 15.9. The summed E-state index contributed by atoms with van der Waals surface area (Å²) in [6.45, 7) is 7.82. The summed E-state index contributed by atoms with van der Waals surface area (Å²) in [6, 6.07) is 6.13. The fraction of sp³-hybridized carbons (Fsp3) is 0.333. The Hall–Kier alpha value is -2.03. The molecule has 1 aliphatic heterocycles. The smallest absolute Gasteiger partial charge is 0.147 e. The van der Waals surface area contributed by atoms with Crippen LogP contribution >= 0.6 is 11.8 Å². The van der Waals surface area contributed by atoms with E-state index in [1.165, 1.54) is 4.90 Å². The highest BCUT2D eigenvalue weighted by Crippen LogP contribution is 2.46. The van der Waals surface area contributed by atoms with Crippen LogP contribution in [0.25, 0.3) is 0 Å². The van der Waals surface area contributed by atoms with Crippen LogP contribution in [0.2, 0.25) is 0 Å². The lowest BCUT2D eigenvalue weighted by Crippen LogP contribution is -2.24. The van der Waals surface area contributed by atoms with E-state index in [2.05, 4.69) is 51.5 Å². The number of anilines is 2. The average molecular weight is 324 g/mol. The van der Waals surface area contributed by atoms with Gasteiger partial charge in [-0.3, -0.25) is 9.88 Å². The number of aromatic nitrogens is 2. The molecule has 0 fully saturated rings. The van der Waals surface area contributed by atoms with Gasteiger partial charge in [0.05, 0.1) is 29.9 Å². The molecule has 0 unspecified atom stereocenters. The van der Waals surface area contributed by atoms with Crippen LogP contribution in [0.3, 0.4) is 0 Å². The molecule has 0 N–H and O–H groups in total. The average Bonchev–Trinajstić information content (AvgIpc) is 2.61. The van der Waals surface area contributed by atoms with Gasteiger partial charge in [0, 0.05) is 17.3 Å². The van der Waals surface area contributed by atoms with E-state index in [1.54, 1.807) is 11.8 Å². The molecule has 0 saturated carbocycles. The summed E-state index contributed by atoms with van der Waals surface area (Å²) in [7, 11) is 0. The van der Waals surface area contributed by atoms with Crippen molar-refractivity contribution in [2.75, 3.05) is 31.1 Å². The van der Waals surface area contributed by atoms with E-state index < -0.39 is 0 Å². The molecule has 0 atom stereocenters. The van der Waals surface area contributed by atoms with Crippen LogP contribution < -0.4 is 4.90 Å². The molecule has 0 amide bonds. The fourth-order valence-corrected chi connectivity index (χ4v) is 3.50. The molecule has 0 spiro atoms. The number of rotatable bonds is 4. The molecule has 3 heterocycles. The van der Waals surface area contributed by atoms with Gasteiger partial charge >= 0.3 is 0 Å². The maximum atomic E-state index is 4.54. The highest BCUT2D eigenvalue weighted by Gasteiger charge is 2.23. The molecule has 2 aromatic heterocycles. The molecule has 5 heteroatoms. The lowest BCUT2D eigenvalue weighted by molar-refractivity contribution is 0.342. The van der Waals surface area contributed by atoms with E-state index in [4.69, 9.17) is 0 Å². The summed E-state index contributed by atoms with van der Waals surface area (Å²) in [5.41, 5.74) is 1.08. The van der Waals surface area contributed by atoms with Crippen LogP contribution in [0, 0.1) is 11.8 Å². The van der Waals surface area contributed by atoms with Gasteiger partial charge in [0.15, 0.2) is 0 Å². The minimum atomic E-state index is 0.629. The van der Waals surface area contributed by atoms with E-state index in [9.17, 15) is 0 Å². The SMILES string of the molecule is CCN(CC)CC#CCN1c2cnccc2Sc2cccnc21. The Morgan fingerprint density at radius 2 is 2.00 bits per heavy atom. The van der Waals surface area contributed by atoms with Crippen LogP contribution in [0.15, 0.2) is 46.6 Å². The van der Waals surface area contributed by atoms with Gasteiger partial charge in [0.2, 0.25) is 0 Å². The predicted molar refractivity (Wildman–Crippen MR) is 95.2 cm³/mol. The summed E-state index contributed by atoms with van der Waals surface area (Å²) >= 11 is 1.74. The highest BCUT2D eigenvalue weighted by atomic mass is 32.2. The maximum absolute atomic E-state index is 4.54. The molecule has 3 rings (SSSR count). The quantitative estimate of drug-likeness (QED) is 0.805. The van der Waals surface area contributed by atoms with Crippen LogP contribution in [0.5, 0.6) is 0 Å². The van der Waals surface area contributed by atoms with Gasteiger partial charge < -0.3 is 4.90 Å². The normalized spacial score (nSPS) is 12.4. The predicted octanol–water partition coefficient (Wildman–Crippen LogP) is 3.42. The third-order valence-corrected chi connectivity index (χ3v) is 4.94. The third-order valence-electron chi connectivity index (χ3n) is 3.84. The number of fused-ring (bicyclic) bond motifs is 2. The minimum absolute atomic E-state index is 0.629. The lowest BCUT2D eigenvalue weighted by Gasteiger charge is -2.29. The maximum Gasteiger partial charge on any atom is 0.147 e. The number of nitrogens with zero attached hydrogens (tertiary/aromatic N) is 4. The van der Waals surface area contributed by atoms with Crippen molar-refractivity contribution in [1.82, 2.24) is 14.9 Å². The number of hydrogen-bond donors (Lipinski definition) is 0. The van der Waals surface area contributed by atoms with Crippen molar-refractivity contribution in [3.63, 3.8) is 0 Å². The molecule has 23 heavy (non-hydrogen) atoms. The first-order valence-electron chi connectivity index (χ1n) is 7.86. The Balaban J connectivity index is 1.83. The van der Waals surface area contributed by atoms with E-state index in [-0.39, 0.29) is 0 Å². The largest absolute Gasteiger partial charge is 0.311 e. The van der Waals surface area contributed by atoms with Crippen LogP contribution in [0.1, 0.15) is 13.8 Å². The highest BCUT2D eigenvalue weighted by molar-refractivity contribution is 7.99. The van der Waals surface area contributed by atoms with Crippen LogP contribution in [-0.4, -0.2) is 41.0 Å². The second-order valence-electron chi connectivity index (χ2n) is 5.17. The van der Waals surface area contributed by atoms with Gasteiger partial charge in [-0.05, 0) is 31.3 Å². The molecule has 0 aromatic carbocycles. The molecule has 0 bridgehead atoms. The van der Waals surface area contributed by atoms with Gasteiger partial charge in [-0.15, -0.1) is 0 Å². The topological polar surface area (TPSA) is 32.3 Å². The molecular formula is C18H20N4S. The molecule has 2 aromatic rings. The number of pyridine rings is 2. The summed E-state index contributed by atoms with van der Waals surface area (Å²) in [5, 5.41) is 0. The second kappa shape index (κ2) is 7.49. The van der Waals surface area contributed by atoms with Crippen molar-refractivity contribution < 1.29 is 0 Å². The van der Waals surface area contributed by atoms with E-state index in [0.29, 0.717) is 6.54 Å². The van der Waals surface area contributed by atoms with Gasteiger partial charge in [-0.2, -0.15) is 0 Å². The first-order valence-corrected chi connectivity index (χ1v) is 8.67. The van der Waals surface area contributed by atoms with Crippen molar-refractivity contribution in [3.8, 4) is 11.8 Å². The molecule has 0 saturated heterocycles. The molecule has 1 aliphatic rings. The summed E-state index contributed by atoms with van der Waals surface area (Å²) in [4.78, 5) is 15.6. The van der Waals surface area contributed by atoms with Crippen LogP contribution in [0.4, 0.5) is 11.5 Å². The molecule has 118 valence electrons. The Kier molecular flexibility index (Phi) is 5.16. The Morgan fingerprint density at radius 1 is 1.13 bits per heavy atom. The van der Waals surface area contributed by atoms with Crippen molar-refractivity contribution in [3.05, 3.63) is 36.8 Å². The summed E-state index contributed by atoms with van der Waals surface area (Å²) in [6.07, 6.45) is 5.56. The van der Waals surface area contributed by atoms with Gasteiger partial charge in [-0.1, -0.05) is 37.5 Å². The molecular weight excluding hydrogens is 304 g/mol. The van der Waals surface area contributed by atoms with Crippen molar-refractivity contribution in [1.29, 1.82) is 0 Å². The minimum Gasteiger partial charge on any atom is -0.311 e. The van der Waals surface area contributed by atoms with Crippen molar-refractivity contribution in [2.45, 2.75) is 23.6 Å². The lowest BCUT2D eigenvalue weighted by atomic mass is 10.3. The monoisotopic (exact) mass is 324 g/mol. The Labute approximate surface area is 141 Å². The molecule has 0 aliphatic carbocycles. The van der Waals surface area contributed by atoms with E-state index in [0.717, 1.165) is 36.0 Å².